The standard InChI is InChI=1S/C20H23N2O/c1-16-8-7-11-18(14-16)21-15-20(23,17-9-3-2-4-10-17)22-13-6-5-12-19(21)22/h2-4,7-11,14,23H,5-6,12-13,15H2,1H3/q+1. The summed E-state index contributed by atoms with van der Waals surface area (Å²) in [6.45, 7) is 3.63. The van der Waals surface area contributed by atoms with Crippen LogP contribution in [0.25, 0.3) is 0 Å². The molecule has 2 aromatic carbocycles. The lowest BCUT2D eigenvalue weighted by molar-refractivity contribution is -0.661. The number of hydrogen-bond acceptors (Lipinski definition) is 2. The Morgan fingerprint density at radius 2 is 1.87 bits per heavy atom. The van der Waals surface area contributed by atoms with Crippen molar-refractivity contribution in [3.8, 4) is 0 Å². The highest BCUT2D eigenvalue weighted by Crippen LogP contribution is 2.35. The van der Waals surface area contributed by atoms with Crippen LogP contribution in [-0.2, 0) is 5.72 Å². The predicted octanol–water partition coefficient (Wildman–Crippen LogP) is 3.26. The summed E-state index contributed by atoms with van der Waals surface area (Å²) in [5.41, 5.74) is 2.48. The van der Waals surface area contributed by atoms with Gasteiger partial charge in [0.2, 0.25) is 0 Å². The van der Waals surface area contributed by atoms with Crippen LogP contribution in [0.15, 0.2) is 54.6 Å². The number of rotatable bonds is 2. The van der Waals surface area contributed by atoms with Gasteiger partial charge in [-0.3, -0.25) is 0 Å². The van der Waals surface area contributed by atoms with Crippen molar-refractivity contribution in [2.24, 2.45) is 0 Å². The van der Waals surface area contributed by atoms with Crippen molar-refractivity contribution in [1.82, 2.24) is 0 Å². The molecule has 0 saturated carbocycles. The van der Waals surface area contributed by atoms with Gasteiger partial charge in [0, 0.05) is 12.0 Å². The van der Waals surface area contributed by atoms with Gasteiger partial charge in [0.15, 0.2) is 6.54 Å². The number of benzene rings is 2. The smallest absolute Gasteiger partial charge is 0.271 e. The predicted molar refractivity (Wildman–Crippen MR) is 92.8 cm³/mol. The van der Waals surface area contributed by atoms with Gasteiger partial charge in [0.1, 0.15) is 5.69 Å². The number of β-amino-alcohol motifs (C(OH)–C–C–N with tert-alkyl or cyclic N) is 1. The molecule has 0 amide bonds. The van der Waals surface area contributed by atoms with Crippen LogP contribution in [0.1, 0.15) is 30.4 Å². The number of aliphatic hydroxyl groups is 1. The Hall–Kier alpha value is -2.13. The first kappa shape index (κ1) is 14.5. The number of nitrogens with zero attached hydrogens (tertiary/aromatic N) is 2. The van der Waals surface area contributed by atoms with Crippen LogP contribution in [-0.4, -0.2) is 28.6 Å². The minimum Gasteiger partial charge on any atom is -0.346 e. The second kappa shape index (κ2) is 5.50. The summed E-state index contributed by atoms with van der Waals surface area (Å²) in [5.74, 6) is 1.26. The van der Waals surface area contributed by atoms with Gasteiger partial charge in [-0.15, -0.1) is 0 Å². The van der Waals surface area contributed by atoms with Gasteiger partial charge in [0.25, 0.3) is 11.6 Å². The fourth-order valence-corrected chi connectivity index (χ4v) is 3.88. The summed E-state index contributed by atoms with van der Waals surface area (Å²) in [7, 11) is 0. The van der Waals surface area contributed by atoms with Crippen LogP contribution in [0, 0.1) is 6.92 Å². The van der Waals surface area contributed by atoms with Crippen LogP contribution in [0.2, 0.25) is 0 Å². The van der Waals surface area contributed by atoms with E-state index in [1.54, 1.807) is 0 Å². The average Bonchev–Trinajstić information content (AvgIpc) is 2.91. The molecule has 3 nitrogen and oxygen atoms in total. The monoisotopic (exact) mass is 307 g/mol. The summed E-state index contributed by atoms with van der Waals surface area (Å²) < 4.78 is 2.22. The first-order valence-corrected chi connectivity index (χ1v) is 8.44. The molecule has 4 rings (SSSR count). The maximum absolute atomic E-state index is 11.5. The van der Waals surface area contributed by atoms with Gasteiger partial charge in [-0.2, -0.15) is 0 Å². The zero-order valence-electron chi connectivity index (χ0n) is 13.6. The molecule has 1 atom stereocenters. The Bertz CT molecular complexity index is 753. The lowest BCUT2D eigenvalue weighted by Crippen LogP contribution is -2.41. The molecule has 0 fully saturated rings. The molecule has 3 heteroatoms. The molecule has 1 unspecified atom stereocenters. The van der Waals surface area contributed by atoms with Crippen LogP contribution in [0.4, 0.5) is 5.69 Å². The third kappa shape index (κ3) is 2.36. The van der Waals surface area contributed by atoms with E-state index in [1.165, 1.54) is 23.5 Å². The zero-order chi connectivity index (χ0) is 15.9. The summed E-state index contributed by atoms with van der Waals surface area (Å²) in [6, 6.07) is 18.6. The Morgan fingerprint density at radius 1 is 1.04 bits per heavy atom. The van der Waals surface area contributed by atoms with Gasteiger partial charge < -0.3 is 5.11 Å². The van der Waals surface area contributed by atoms with Crippen LogP contribution >= 0.6 is 0 Å². The molecule has 0 spiro atoms. The molecule has 0 aromatic heterocycles. The third-order valence-electron chi connectivity index (χ3n) is 5.03. The minimum atomic E-state index is -0.930. The van der Waals surface area contributed by atoms with E-state index in [0.29, 0.717) is 6.54 Å². The molecular formula is C20H23N2O+. The van der Waals surface area contributed by atoms with Crippen molar-refractivity contribution in [3.63, 3.8) is 0 Å². The van der Waals surface area contributed by atoms with Crippen molar-refractivity contribution in [2.45, 2.75) is 31.9 Å². The molecule has 23 heavy (non-hydrogen) atoms. The maximum atomic E-state index is 11.5. The summed E-state index contributed by atoms with van der Waals surface area (Å²) in [4.78, 5) is 2.30. The fourth-order valence-electron chi connectivity index (χ4n) is 3.88. The molecule has 0 aliphatic carbocycles. The van der Waals surface area contributed by atoms with E-state index in [0.717, 1.165) is 24.9 Å². The lowest BCUT2D eigenvalue weighted by Gasteiger charge is -2.24. The molecule has 1 N–H and O–H groups in total. The minimum absolute atomic E-state index is 0.593. The molecule has 118 valence electrons. The molecule has 2 heterocycles. The summed E-state index contributed by atoms with van der Waals surface area (Å²) in [5, 5.41) is 11.5. The fraction of sp³-hybridized carbons (Fsp3) is 0.350. The van der Waals surface area contributed by atoms with Crippen molar-refractivity contribution in [3.05, 3.63) is 65.7 Å². The lowest BCUT2D eigenvalue weighted by atomic mass is 10.0. The van der Waals surface area contributed by atoms with Crippen LogP contribution < -0.4 is 4.90 Å². The molecular weight excluding hydrogens is 284 g/mol. The number of hydrogen-bond donors (Lipinski definition) is 1. The third-order valence-corrected chi connectivity index (χ3v) is 5.03. The molecule has 2 aliphatic rings. The first-order valence-electron chi connectivity index (χ1n) is 8.44. The normalized spacial score (nSPS) is 24.0. The van der Waals surface area contributed by atoms with E-state index in [9.17, 15) is 5.11 Å². The SMILES string of the molecule is Cc1cccc(N2CC(O)(c3ccccc3)[N+]3=C2CCCC3)c1. The van der Waals surface area contributed by atoms with Gasteiger partial charge in [-0.05, 0) is 37.5 Å². The van der Waals surface area contributed by atoms with Gasteiger partial charge >= 0.3 is 0 Å². The Kier molecular flexibility index (Phi) is 3.46. The topological polar surface area (TPSA) is 26.5 Å². The Balaban J connectivity index is 1.81. The summed E-state index contributed by atoms with van der Waals surface area (Å²) in [6.07, 6.45) is 3.36. The first-order chi connectivity index (χ1) is 11.2. The molecule has 0 saturated heterocycles. The van der Waals surface area contributed by atoms with Crippen LogP contribution in [0.3, 0.4) is 0 Å². The second-order valence-corrected chi connectivity index (χ2v) is 6.63. The quantitative estimate of drug-likeness (QED) is 0.862. The maximum Gasteiger partial charge on any atom is 0.271 e. The number of anilines is 1. The van der Waals surface area contributed by atoms with Gasteiger partial charge in [-0.25, -0.2) is 9.48 Å². The number of amidine groups is 1. The Morgan fingerprint density at radius 3 is 2.65 bits per heavy atom. The number of aryl methyl sites for hydroxylation is 1. The van der Waals surface area contributed by atoms with Crippen molar-refractivity contribution < 1.29 is 9.68 Å². The average molecular weight is 307 g/mol. The van der Waals surface area contributed by atoms with Crippen molar-refractivity contribution >= 4 is 11.5 Å². The van der Waals surface area contributed by atoms with E-state index in [2.05, 4.69) is 40.7 Å². The van der Waals surface area contributed by atoms with E-state index in [1.807, 2.05) is 30.3 Å². The highest BCUT2D eigenvalue weighted by atomic mass is 16.3. The summed E-state index contributed by atoms with van der Waals surface area (Å²) >= 11 is 0. The van der Waals surface area contributed by atoms with Crippen LogP contribution in [0.5, 0.6) is 0 Å². The largest absolute Gasteiger partial charge is 0.346 e. The molecule has 2 aliphatic heterocycles. The van der Waals surface area contributed by atoms with E-state index in [4.69, 9.17) is 0 Å². The molecule has 0 bridgehead atoms. The molecule has 2 aromatic rings. The van der Waals surface area contributed by atoms with Crippen molar-refractivity contribution in [2.75, 3.05) is 18.0 Å². The second-order valence-electron chi connectivity index (χ2n) is 6.63. The Labute approximate surface area is 137 Å². The van der Waals surface area contributed by atoms with Gasteiger partial charge in [0.05, 0.1) is 6.54 Å². The highest BCUT2D eigenvalue weighted by Gasteiger charge is 2.52. The van der Waals surface area contributed by atoms with E-state index >= 15 is 0 Å². The van der Waals surface area contributed by atoms with E-state index in [-0.39, 0.29) is 0 Å². The zero-order valence-corrected chi connectivity index (χ0v) is 13.6. The van der Waals surface area contributed by atoms with Gasteiger partial charge in [-0.1, -0.05) is 42.5 Å². The molecule has 0 radical (unpaired) electrons. The van der Waals surface area contributed by atoms with Crippen molar-refractivity contribution in [1.29, 1.82) is 0 Å². The highest BCUT2D eigenvalue weighted by molar-refractivity contribution is 5.96. The van der Waals surface area contributed by atoms with E-state index < -0.39 is 5.72 Å².